The Balaban J connectivity index is 2.34. The predicted molar refractivity (Wildman–Crippen MR) is 84.8 cm³/mol. The highest BCUT2D eigenvalue weighted by Gasteiger charge is 2.35. The van der Waals surface area contributed by atoms with E-state index in [2.05, 4.69) is 0 Å². The Morgan fingerprint density at radius 2 is 2.09 bits per heavy atom. The van der Waals surface area contributed by atoms with Crippen molar-refractivity contribution in [1.82, 2.24) is 4.31 Å². The maximum Gasteiger partial charge on any atom is 0.320 e. The maximum atomic E-state index is 12.9. The predicted octanol–water partition coefficient (Wildman–Crippen LogP) is 1.28. The van der Waals surface area contributed by atoms with Gasteiger partial charge in [0.2, 0.25) is 10.0 Å². The van der Waals surface area contributed by atoms with E-state index in [1.54, 1.807) is 18.2 Å². The number of hydrogen-bond acceptors (Lipinski definition) is 6. The number of carbonyl (C=O) groups excluding carboxylic acids is 1. The molecular weight excluding hydrogens is 326 g/mol. The normalized spacial score (nSPS) is 19.7. The van der Waals surface area contributed by atoms with Crippen LogP contribution >= 0.6 is 11.8 Å². The van der Waals surface area contributed by atoms with E-state index >= 15 is 0 Å². The second kappa shape index (κ2) is 6.89. The summed E-state index contributed by atoms with van der Waals surface area (Å²) in [4.78, 5) is 11.8. The van der Waals surface area contributed by atoms with Crippen LogP contribution in [0.25, 0.3) is 0 Å². The lowest BCUT2D eigenvalue weighted by atomic mass is 10.2. The zero-order chi connectivity index (χ0) is 16.3. The molecule has 1 aromatic rings. The molecule has 1 aromatic carbocycles. The molecule has 0 radical (unpaired) electrons. The van der Waals surface area contributed by atoms with Crippen LogP contribution in [0, 0.1) is 6.92 Å². The van der Waals surface area contributed by atoms with Crippen LogP contribution in [0.3, 0.4) is 0 Å². The Morgan fingerprint density at radius 3 is 2.73 bits per heavy atom. The van der Waals surface area contributed by atoms with Gasteiger partial charge in [0.1, 0.15) is 15.9 Å². The topological polar surface area (TPSA) is 72.9 Å². The van der Waals surface area contributed by atoms with Crippen molar-refractivity contribution in [2.45, 2.75) is 17.1 Å². The van der Waals surface area contributed by atoms with Crippen molar-refractivity contribution >= 4 is 27.8 Å². The van der Waals surface area contributed by atoms with Crippen molar-refractivity contribution in [2.75, 3.05) is 33.1 Å². The minimum Gasteiger partial charge on any atom is -0.495 e. The molecule has 6 nitrogen and oxygen atoms in total. The number of sulfonamides is 1. The average Bonchev–Trinajstić information content (AvgIpc) is 2.54. The summed E-state index contributed by atoms with van der Waals surface area (Å²) in [6.45, 7) is 2.29. The van der Waals surface area contributed by atoms with Crippen molar-refractivity contribution in [2.24, 2.45) is 0 Å². The Morgan fingerprint density at radius 1 is 1.36 bits per heavy atom. The summed E-state index contributed by atoms with van der Waals surface area (Å²) in [5.41, 5.74) is 0.829. The van der Waals surface area contributed by atoms with Crippen LogP contribution in [0.2, 0.25) is 0 Å². The van der Waals surface area contributed by atoms with Crippen LogP contribution < -0.4 is 4.74 Å². The van der Waals surface area contributed by atoms with Crippen molar-refractivity contribution in [1.29, 1.82) is 0 Å². The Labute approximate surface area is 134 Å². The first-order valence-electron chi connectivity index (χ1n) is 6.74. The van der Waals surface area contributed by atoms with Gasteiger partial charge in [-0.1, -0.05) is 6.07 Å². The lowest BCUT2D eigenvalue weighted by molar-refractivity contribution is -0.140. The zero-order valence-electron chi connectivity index (χ0n) is 12.7. The first kappa shape index (κ1) is 17.1. The van der Waals surface area contributed by atoms with Gasteiger partial charge in [0.15, 0.2) is 0 Å². The summed E-state index contributed by atoms with van der Waals surface area (Å²) < 4.78 is 36.9. The van der Waals surface area contributed by atoms with Gasteiger partial charge in [0, 0.05) is 18.8 Å². The van der Waals surface area contributed by atoms with Gasteiger partial charge in [-0.3, -0.25) is 4.79 Å². The second-order valence-electron chi connectivity index (χ2n) is 4.90. The summed E-state index contributed by atoms with van der Waals surface area (Å²) >= 11 is 1.41. The number of aryl methyl sites for hydroxylation is 1. The van der Waals surface area contributed by atoms with Gasteiger partial charge in [0.25, 0.3) is 0 Å². The quantitative estimate of drug-likeness (QED) is 0.766. The monoisotopic (exact) mass is 345 g/mol. The molecule has 1 atom stereocenters. The molecule has 0 N–H and O–H groups in total. The molecule has 1 saturated heterocycles. The molecule has 8 heteroatoms. The van der Waals surface area contributed by atoms with Gasteiger partial charge in [-0.05, 0) is 24.6 Å². The number of hydrogen-bond donors (Lipinski definition) is 0. The largest absolute Gasteiger partial charge is 0.495 e. The summed E-state index contributed by atoms with van der Waals surface area (Å²) in [5, 5.41) is -0.496. The number of carbonyl (C=O) groups is 1. The number of nitrogens with zero attached hydrogens (tertiary/aromatic N) is 1. The van der Waals surface area contributed by atoms with Gasteiger partial charge >= 0.3 is 5.97 Å². The number of ether oxygens (including phenoxy) is 2. The second-order valence-corrected chi connectivity index (χ2v) is 8.12. The van der Waals surface area contributed by atoms with Crippen molar-refractivity contribution < 1.29 is 22.7 Å². The fourth-order valence-corrected chi connectivity index (χ4v) is 5.28. The highest BCUT2D eigenvalue weighted by molar-refractivity contribution is 8.00. The average molecular weight is 345 g/mol. The first-order chi connectivity index (χ1) is 10.4. The molecule has 1 aliphatic rings. The third-order valence-electron chi connectivity index (χ3n) is 3.43. The molecule has 0 amide bonds. The molecule has 0 spiro atoms. The summed E-state index contributed by atoms with van der Waals surface area (Å²) in [7, 11) is -0.972. The summed E-state index contributed by atoms with van der Waals surface area (Å²) in [6, 6.07) is 5.02. The molecule has 1 fully saturated rings. The van der Waals surface area contributed by atoms with Crippen molar-refractivity contribution in [3.05, 3.63) is 23.8 Å². The summed E-state index contributed by atoms with van der Waals surface area (Å²) in [5.74, 6) is 0.451. The zero-order valence-corrected chi connectivity index (χ0v) is 14.4. The van der Waals surface area contributed by atoms with E-state index in [-0.39, 0.29) is 11.4 Å². The molecule has 0 aliphatic carbocycles. The summed E-state index contributed by atoms with van der Waals surface area (Å²) in [6.07, 6.45) is 0. The van der Waals surface area contributed by atoms with E-state index in [0.29, 0.717) is 18.0 Å². The van der Waals surface area contributed by atoms with Crippen LogP contribution in [0.1, 0.15) is 5.56 Å². The van der Waals surface area contributed by atoms with Crippen LogP contribution in [-0.4, -0.2) is 57.0 Å². The Bertz CT molecular complexity index is 659. The SMILES string of the molecule is COC(=O)[C@@H]1CN(S(=O)(=O)c2cc(C)ccc2OC)CCS1. The van der Waals surface area contributed by atoms with Crippen LogP contribution in [0.5, 0.6) is 5.75 Å². The minimum absolute atomic E-state index is 0.108. The molecule has 0 unspecified atom stereocenters. The molecule has 0 aromatic heterocycles. The number of thioether (sulfide) groups is 1. The minimum atomic E-state index is -3.71. The van der Waals surface area contributed by atoms with E-state index in [1.807, 2.05) is 6.92 Å². The molecule has 0 saturated carbocycles. The lowest BCUT2D eigenvalue weighted by Gasteiger charge is -2.30. The number of benzene rings is 1. The molecule has 2 rings (SSSR count). The van der Waals surface area contributed by atoms with Gasteiger partial charge in [-0.2, -0.15) is 4.31 Å². The van der Waals surface area contributed by atoms with Gasteiger partial charge in [-0.25, -0.2) is 8.42 Å². The Hall–Kier alpha value is -1.25. The molecule has 122 valence electrons. The molecular formula is C14H19NO5S2. The van der Waals surface area contributed by atoms with E-state index in [0.717, 1.165) is 5.56 Å². The van der Waals surface area contributed by atoms with Crippen LogP contribution in [0.4, 0.5) is 0 Å². The fourth-order valence-electron chi connectivity index (χ4n) is 2.24. The van der Waals surface area contributed by atoms with Gasteiger partial charge in [0.05, 0.1) is 14.2 Å². The lowest BCUT2D eigenvalue weighted by Crippen LogP contribution is -2.44. The van der Waals surface area contributed by atoms with E-state index in [4.69, 9.17) is 9.47 Å². The van der Waals surface area contributed by atoms with Crippen LogP contribution in [0.15, 0.2) is 23.1 Å². The Kier molecular flexibility index (Phi) is 5.36. The van der Waals surface area contributed by atoms with E-state index < -0.39 is 21.2 Å². The third-order valence-corrected chi connectivity index (χ3v) is 6.48. The van der Waals surface area contributed by atoms with E-state index in [9.17, 15) is 13.2 Å². The van der Waals surface area contributed by atoms with Crippen LogP contribution in [-0.2, 0) is 19.6 Å². The number of esters is 1. The highest BCUT2D eigenvalue weighted by atomic mass is 32.2. The molecule has 22 heavy (non-hydrogen) atoms. The molecule has 1 aliphatic heterocycles. The maximum absolute atomic E-state index is 12.9. The fraction of sp³-hybridized carbons (Fsp3) is 0.500. The molecule has 0 bridgehead atoms. The van der Waals surface area contributed by atoms with E-state index in [1.165, 1.54) is 30.3 Å². The standard InChI is InChI=1S/C14H19NO5S2/c1-10-4-5-11(19-2)13(8-10)22(17,18)15-6-7-21-12(9-15)14(16)20-3/h4-5,8,12H,6-7,9H2,1-3H3/t12-/m0/s1. The van der Waals surface area contributed by atoms with Gasteiger partial charge < -0.3 is 9.47 Å². The number of methoxy groups -OCH3 is 2. The van der Waals surface area contributed by atoms with Gasteiger partial charge in [-0.15, -0.1) is 11.8 Å². The third kappa shape index (κ3) is 3.39. The number of rotatable bonds is 4. The highest BCUT2D eigenvalue weighted by Crippen LogP contribution is 2.30. The van der Waals surface area contributed by atoms with Crippen molar-refractivity contribution in [3.8, 4) is 5.75 Å². The molecule has 1 heterocycles. The first-order valence-corrected chi connectivity index (χ1v) is 9.23. The smallest absolute Gasteiger partial charge is 0.320 e. The van der Waals surface area contributed by atoms with Crippen molar-refractivity contribution in [3.63, 3.8) is 0 Å².